The Morgan fingerprint density at radius 2 is 1.83 bits per heavy atom. The van der Waals surface area contributed by atoms with E-state index >= 15 is 0 Å². The summed E-state index contributed by atoms with van der Waals surface area (Å²) in [5, 5.41) is 6.11. The van der Waals surface area contributed by atoms with Crippen molar-refractivity contribution in [1.82, 2.24) is 5.32 Å². The van der Waals surface area contributed by atoms with Gasteiger partial charge in [-0.2, -0.15) is 0 Å². The van der Waals surface area contributed by atoms with Crippen molar-refractivity contribution in [1.29, 1.82) is 0 Å². The first kappa shape index (κ1) is 17.7. The zero-order valence-electron chi connectivity index (χ0n) is 13.9. The van der Waals surface area contributed by atoms with Crippen molar-refractivity contribution < 1.29 is 14.3 Å². The van der Waals surface area contributed by atoms with Crippen molar-refractivity contribution in [3.8, 4) is 0 Å². The Morgan fingerprint density at radius 3 is 2.54 bits per heavy atom. The molecule has 0 spiro atoms. The van der Waals surface area contributed by atoms with E-state index in [4.69, 9.17) is 0 Å². The van der Waals surface area contributed by atoms with Crippen LogP contribution in [-0.2, 0) is 9.53 Å². The Hall–Kier alpha value is -2.66. The van der Waals surface area contributed by atoms with Gasteiger partial charge in [-0.3, -0.25) is 4.79 Å². The average Bonchev–Trinajstić information content (AvgIpc) is 2.61. The molecule has 2 aromatic carbocycles. The maximum Gasteiger partial charge on any atom is 0.337 e. The van der Waals surface area contributed by atoms with Crippen LogP contribution in [0.15, 0.2) is 54.6 Å². The van der Waals surface area contributed by atoms with Gasteiger partial charge >= 0.3 is 5.97 Å². The maximum atomic E-state index is 12.0. The van der Waals surface area contributed by atoms with Crippen LogP contribution in [0.3, 0.4) is 0 Å². The fourth-order valence-corrected chi connectivity index (χ4v) is 2.33. The summed E-state index contributed by atoms with van der Waals surface area (Å²) in [6.45, 7) is 2.63. The lowest BCUT2D eigenvalue weighted by Crippen LogP contribution is -2.24. The zero-order chi connectivity index (χ0) is 17.4. The number of carbonyl (C=O) groups excluding carboxylic acids is 2. The van der Waals surface area contributed by atoms with E-state index in [9.17, 15) is 9.59 Å². The molecule has 0 radical (unpaired) electrons. The lowest BCUT2D eigenvalue weighted by Gasteiger charge is -2.14. The van der Waals surface area contributed by atoms with E-state index < -0.39 is 5.97 Å². The molecule has 0 aromatic heterocycles. The third-order valence-electron chi connectivity index (χ3n) is 3.67. The number of methoxy groups -OCH3 is 1. The minimum Gasteiger partial charge on any atom is -0.465 e. The number of amides is 1. The van der Waals surface area contributed by atoms with Gasteiger partial charge in [0, 0.05) is 24.7 Å². The van der Waals surface area contributed by atoms with Crippen molar-refractivity contribution in [2.24, 2.45) is 0 Å². The van der Waals surface area contributed by atoms with Gasteiger partial charge in [-0.05, 0) is 30.7 Å². The highest BCUT2D eigenvalue weighted by Crippen LogP contribution is 2.13. The first-order valence-electron chi connectivity index (χ1n) is 7.86. The van der Waals surface area contributed by atoms with E-state index in [2.05, 4.69) is 34.4 Å². The highest BCUT2D eigenvalue weighted by atomic mass is 16.5. The summed E-state index contributed by atoms with van der Waals surface area (Å²) in [5.41, 5.74) is 2.17. The van der Waals surface area contributed by atoms with Gasteiger partial charge in [-0.25, -0.2) is 4.79 Å². The summed E-state index contributed by atoms with van der Waals surface area (Å²) in [5.74, 6) is -0.533. The van der Waals surface area contributed by atoms with Gasteiger partial charge in [0.25, 0.3) is 0 Å². The van der Waals surface area contributed by atoms with Crippen LogP contribution in [0.25, 0.3) is 0 Å². The molecule has 24 heavy (non-hydrogen) atoms. The minimum atomic E-state index is -0.426. The van der Waals surface area contributed by atoms with Gasteiger partial charge in [0.15, 0.2) is 0 Å². The summed E-state index contributed by atoms with van der Waals surface area (Å²) >= 11 is 0. The van der Waals surface area contributed by atoms with Crippen molar-refractivity contribution in [2.75, 3.05) is 19.0 Å². The minimum absolute atomic E-state index is 0.107. The third kappa shape index (κ3) is 5.21. The van der Waals surface area contributed by atoms with Gasteiger partial charge in [0.05, 0.1) is 12.7 Å². The fourth-order valence-electron chi connectivity index (χ4n) is 2.33. The number of benzene rings is 2. The van der Waals surface area contributed by atoms with E-state index in [-0.39, 0.29) is 11.9 Å². The second kappa shape index (κ2) is 8.84. The van der Waals surface area contributed by atoms with Crippen LogP contribution in [-0.4, -0.2) is 25.5 Å². The standard InChI is InChI=1S/C19H22N2O3/c1-14(15-7-4-3-5-8-15)20-12-11-18(22)21-17-10-6-9-16(13-17)19(23)24-2/h3-10,13-14,20H,11-12H2,1-2H3,(H,21,22). The molecule has 5 nitrogen and oxygen atoms in total. The maximum absolute atomic E-state index is 12.0. The normalized spacial score (nSPS) is 11.6. The van der Waals surface area contributed by atoms with E-state index in [0.29, 0.717) is 24.2 Å². The number of esters is 1. The fraction of sp³-hybridized carbons (Fsp3) is 0.263. The summed E-state index contributed by atoms with van der Waals surface area (Å²) in [7, 11) is 1.33. The molecule has 0 aliphatic carbocycles. The molecule has 1 amide bonds. The van der Waals surface area contributed by atoms with Crippen LogP contribution in [0.4, 0.5) is 5.69 Å². The first-order chi connectivity index (χ1) is 11.6. The average molecular weight is 326 g/mol. The van der Waals surface area contributed by atoms with Crippen LogP contribution in [0.2, 0.25) is 0 Å². The summed E-state index contributed by atoms with van der Waals surface area (Å²) in [6.07, 6.45) is 0.347. The Labute approximate surface area is 142 Å². The van der Waals surface area contributed by atoms with E-state index in [1.807, 2.05) is 18.2 Å². The molecule has 1 unspecified atom stereocenters. The predicted octanol–water partition coefficient (Wildman–Crippen LogP) is 3.15. The molecule has 1 atom stereocenters. The Balaban J connectivity index is 1.80. The third-order valence-corrected chi connectivity index (χ3v) is 3.67. The highest BCUT2D eigenvalue weighted by molar-refractivity contribution is 5.94. The van der Waals surface area contributed by atoms with Crippen molar-refractivity contribution >= 4 is 17.6 Å². The second-order valence-electron chi connectivity index (χ2n) is 5.46. The van der Waals surface area contributed by atoms with E-state index in [0.717, 1.165) is 0 Å². The van der Waals surface area contributed by atoms with E-state index in [1.54, 1.807) is 24.3 Å². The Kier molecular flexibility index (Phi) is 6.51. The van der Waals surface area contributed by atoms with Crippen molar-refractivity contribution in [3.05, 3.63) is 65.7 Å². The SMILES string of the molecule is COC(=O)c1cccc(NC(=O)CCNC(C)c2ccccc2)c1. The van der Waals surface area contributed by atoms with Crippen LogP contribution in [0.5, 0.6) is 0 Å². The molecule has 2 N–H and O–H groups in total. The topological polar surface area (TPSA) is 67.4 Å². The number of rotatable bonds is 7. The molecule has 0 saturated heterocycles. The number of anilines is 1. The summed E-state index contributed by atoms with van der Waals surface area (Å²) in [4.78, 5) is 23.5. The van der Waals surface area contributed by atoms with Crippen molar-refractivity contribution in [2.45, 2.75) is 19.4 Å². The van der Waals surface area contributed by atoms with E-state index in [1.165, 1.54) is 12.7 Å². The molecule has 126 valence electrons. The quantitative estimate of drug-likeness (QED) is 0.767. The Morgan fingerprint density at radius 1 is 1.08 bits per heavy atom. The molecule has 0 heterocycles. The molecule has 2 aromatic rings. The molecule has 5 heteroatoms. The first-order valence-corrected chi connectivity index (χ1v) is 7.86. The number of carbonyl (C=O) groups is 2. The number of hydrogen-bond acceptors (Lipinski definition) is 4. The summed E-state index contributed by atoms with van der Waals surface area (Å²) in [6, 6.07) is 16.9. The van der Waals surface area contributed by atoms with Gasteiger partial charge in [-0.15, -0.1) is 0 Å². The molecular weight excluding hydrogens is 304 g/mol. The van der Waals surface area contributed by atoms with Crippen LogP contribution >= 0.6 is 0 Å². The monoisotopic (exact) mass is 326 g/mol. The number of ether oxygens (including phenoxy) is 1. The molecule has 0 fully saturated rings. The summed E-state index contributed by atoms with van der Waals surface area (Å²) < 4.78 is 4.67. The van der Waals surface area contributed by atoms with Crippen LogP contribution in [0.1, 0.15) is 35.3 Å². The molecule has 0 saturated carbocycles. The molecule has 0 aliphatic heterocycles. The zero-order valence-corrected chi connectivity index (χ0v) is 13.9. The molecule has 0 bridgehead atoms. The smallest absolute Gasteiger partial charge is 0.337 e. The molecular formula is C19H22N2O3. The number of nitrogens with one attached hydrogen (secondary N) is 2. The molecule has 0 aliphatic rings. The lowest BCUT2D eigenvalue weighted by atomic mass is 10.1. The number of hydrogen-bond donors (Lipinski definition) is 2. The second-order valence-corrected chi connectivity index (χ2v) is 5.46. The lowest BCUT2D eigenvalue weighted by molar-refractivity contribution is -0.116. The largest absolute Gasteiger partial charge is 0.465 e. The van der Waals surface area contributed by atoms with Crippen molar-refractivity contribution in [3.63, 3.8) is 0 Å². The highest BCUT2D eigenvalue weighted by Gasteiger charge is 2.09. The van der Waals surface area contributed by atoms with Gasteiger partial charge in [-0.1, -0.05) is 36.4 Å². The van der Waals surface area contributed by atoms with Crippen LogP contribution < -0.4 is 10.6 Å². The van der Waals surface area contributed by atoms with Gasteiger partial charge in [0.1, 0.15) is 0 Å². The molecule has 2 rings (SSSR count). The van der Waals surface area contributed by atoms with Gasteiger partial charge in [0.2, 0.25) is 5.91 Å². The van der Waals surface area contributed by atoms with Crippen LogP contribution in [0, 0.1) is 0 Å². The predicted molar refractivity (Wildman–Crippen MR) is 93.9 cm³/mol. The van der Waals surface area contributed by atoms with Gasteiger partial charge < -0.3 is 15.4 Å². The Bertz CT molecular complexity index is 686.